The van der Waals surface area contributed by atoms with Gasteiger partial charge in [0.25, 0.3) is 0 Å². The lowest BCUT2D eigenvalue weighted by Gasteiger charge is -2.34. The number of nitrogens with one attached hydrogen (secondary N) is 6. The van der Waals surface area contributed by atoms with E-state index >= 15 is 0 Å². The molecule has 2 fully saturated rings. The van der Waals surface area contributed by atoms with Crippen LogP contribution in [0.3, 0.4) is 0 Å². The van der Waals surface area contributed by atoms with Gasteiger partial charge >= 0.3 is 5.97 Å². The van der Waals surface area contributed by atoms with Crippen LogP contribution in [-0.4, -0.2) is 118 Å². The molecule has 5 rings (SSSR count). The van der Waals surface area contributed by atoms with E-state index in [-0.39, 0.29) is 63.6 Å². The van der Waals surface area contributed by atoms with E-state index in [2.05, 4.69) is 36.6 Å². The highest BCUT2D eigenvalue weighted by Gasteiger charge is 2.41. The molecule has 1 aliphatic heterocycles. The molecule has 19 nitrogen and oxygen atoms in total. The highest BCUT2D eigenvalue weighted by atomic mass is 16.4. The number of nitrogens with two attached hydrogens (primary N) is 3. The van der Waals surface area contributed by atoms with Gasteiger partial charge in [0.2, 0.25) is 35.4 Å². The van der Waals surface area contributed by atoms with Gasteiger partial charge in [-0.15, -0.1) is 0 Å². The molecule has 0 unspecified atom stereocenters. The normalized spacial score (nSPS) is 17.4. The Morgan fingerprint density at radius 1 is 0.754 bits per heavy atom. The van der Waals surface area contributed by atoms with Crippen LogP contribution in [0.15, 0.2) is 65.8 Å². The second kappa shape index (κ2) is 24.5. The molecule has 19 heteroatoms. The number of fused-ring (bicyclic) bond motifs is 1. The highest BCUT2D eigenvalue weighted by Crippen LogP contribution is 2.28. The molecule has 2 heterocycles. The number of carboxylic acid groups (broad SMARTS) is 1. The van der Waals surface area contributed by atoms with E-state index in [1.165, 1.54) is 11.8 Å². The number of aromatic nitrogens is 1. The number of carbonyl (C=O) groups excluding carboxylic acids is 6. The van der Waals surface area contributed by atoms with Gasteiger partial charge in [0, 0.05) is 50.0 Å². The lowest BCUT2D eigenvalue weighted by Crippen LogP contribution is -2.61. The average molecular weight is 900 g/mol. The average Bonchev–Trinajstić information content (AvgIpc) is 3.95. The summed E-state index contributed by atoms with van der Waals surface area (Å²) in [5.74, 6) is -5.04. The van der Waals surface area contributed by atoms with Crippen LogP contribution in [0.4, 0.5) is 0 Å². The Labute approximate surface area is 378 Å². The topological polar surface area (TPSA) is 309 Å². The Morgan fingerprint density at radius 3 is 2.08 bits per heavy atom. The maximum Gasteiger partial charge on any atom is 0.326 e. The van der Waals surface area contributed by atoms with Crippen LogP contribution in [0.1, 0.15) is 88.7 Å². The predicted molar refractivity (Wildman–Crippen MR) is 245 cm³/mol. The zero-order chi connectivity index (χ0) is 46.9. The summed E-state index contributed by atoms with van der Waals surface area (Å²) in [7, 11) is 0. The number of guanidine groups is 1. The Balaban J connectivity index is 1.36. The first-order valence-electron chi connectivity index (χ1n) is 22.6. The van der Waals surface area contributed by atoms with Crippen molar-refractivity contribution in [3.63, 3.8) is 0 Å². The van der Waals surface area contributed by atoms with Gasteiger partial charge in [-0.25, -0.2) is 4.79 Å². The summed E-state index contributed by atoms with van der Waals surface area (Å²) in [4.78, 5) is 104. The molecule has 13 N–H and O–H groups in total. The maximum absolute atomic E-state index is 14.6. The number of H-pyrrole nitrogens is 1. The Hall–Kier alpha value is -6.50. The zero-order valence-electron chi connectivity index (χ0n) is 37.1. The number of nitrogens with zero attached hydrogens (tertiary/aromatic N) is 2. The van der Waals surface area contributed by atoms with Gasteiger partial charge in [0.05, 0.1) is 0 Å². The maximum atomic E-state index is 14.6. The molecule has 1 aliphatic carbocycles. The van der Waals surface area contributed by atoms with Crippen LogP contribution < -0.4 is 43.8 Å². The van der Waals surface area contributed by atoms with Crippen LogP contribution in [0.5, 0.6) is 0 Å². The molecule has 1 saturated carbocycles. The first-order valence-corrected chi connectivity index (χ1v) is 22.6. The molecule has 352 valence electrons. The molecule has 1 aromatic heterocycles. The number of aliphatic imine (C=N–C) groups is 1. The van der Waals surface area contributed by atoms with Crippen molar-refractivity contribution in [3.8, 4) is 0 Å². The van der Waals surface area contributed by atoms with Crippen molar-refractivity contribution in [2.24, 2.45) is 28.1 Å². The first-order chi connectivity index (χ1) is 31.2. The molecule has 2 aliphatic rings. The number of hydrogen-bond acceptors (Lipinski definition) is 9. The van der Waals surface area contributed by atoms with E-state index in [0.717, 1.165) is 35.7 Å². The number of hydrogen-bond donors (Lipinski definition) is 10. The fourth-order valence-electron chi connectivity index (χ4n) is 8.80. The third-order valence-electron chi connectivity index (χ3n) is 12.1. The SMILES string of the molecule is CC(=O)N[C@@H](Cc1ccccc1)C(=O)N[C@@H](CCCN)C(=O)N1CCC[C@H]1C(=O)N[C@@H](C(=O)N[C@@H](Cc1c[nH]c2ccccc12)C(=O)N[C@@H](CCCN=C(N)N)C(=O)O)C1CCCCC1. The van der Waals surface area contributed by atoms with Crippen LogP contribution in [-0.2, 0) is 46.4 Å². The summed E-state index contributed by atoms with van der Waals surface area (Å²) in [6.45, 7) is 1.94. The zero-order valence-corrected chi connectivity index (χ0v) is 37.1. The molecule has 1 saturated heterocycles. The van der Waals surface area contributed by atoms with Crippen LogP contribution in [0.25, 0.3) is 10.9 Å². The van der Waals surface area contributed by atoms with E-state index in [9.17, 15) is 38.7 Å². The Kier molecular flexibility index (Phi) is 18.7. The number of rotatable bonds is 23. The number of likely N-dealkylation sites (tertiary alicyclic amines) is 1. The number of aliphatic carboxylic acids is 1. The van der Waals surface area contributed by atoms with E-state index in [1.807, 2.05) is 54.6 Å². The summed E-state index contributed by atoms with van der Waals surface area (Å²) in [6.07, 6.45) is 7.46. The van der Waals surface area contributed by atoms with E-state index in [0.29, 0.717) is 37.7 Å². The smallest absolute Gasteiger partial charge is 0.326 e. The Morgan fingerprint density at radius 2 is 1.40 bits per heavy atom. The lowest BCUT2D eigenvalue weighted by atomic mass is 9.83. The van der Waals surface area contributed by atoms with Crippen LogP contribution in [0, 0.1) is 5.92 Å². The minimum Gasteiger partial charge on any atom is -0.480 e. The minimum absolute atomic E-state index is 0.00220. The van der Waals surface area contributed by atoms with Gasteiger partial charge < -0.3 is 58.8 Å². The third-order valence-corrected chi connectivity index (χ3v) is 12.1. The molecule has 0 spiro atoms. The first kappa shape index (κ1) is 49.5. The van der Waals surface area contributed by atoms with Crippen molar-refractivity contribution in [2.45, 2.75) is 127 Å². The van der Waals surface area contributed by atoms with Crippen molar-refractivity contribution >= 4 is 58.3 Å². The molecule has 6 amide bonds. The Bertz CT molecular complexity index is 2140. The molecular formula is C46H65N11O8. The standard InChI is InChI=1S/C46H65N11O8/c1-28(58)52-36(25-29-13-4-2-5-14-29)40(59)53-34(19-10-22-47)44(63)57-24-12-21-38(57)42(61)56-39(30-15-6-3-7-16-30)43(62)55-37(26-31-27-51-33-18-9-8-17-32(31)33)41(60)54-35(45(64)65)20-11-23-50-46(48)49/h2,4-5,8-9,13-14,17-18,27,30,34-39,51H,3,6-7,10-12,15-16,19-26,47H2,1H3,(H,52,58)(H,53,59)(H,54,60)(H,55,62)(H,56,61)(H,64,65)(H4,48,49,50)/t34-,35-,36-,37-,38-,39+/m0/s1. The lowest BCUT2D eigenvalue weighted by molar-refractivity contribution is -0.143. The van der Waals surface area contributed by atoms with Crippen LogP contribution >= 0.6 is 0 Å². The summed E-state index contributed by atoms with van der Waals surface area (Å²) < 4.78 is 0. The fraction of sp³-hybridized carbons (Fsp3) is 0.522. The molecule has 3 aromatic rings. The molecule has 6 atom stereocenters. The fourth-order valence-corrected chi connectivity index (χ4v) is 8.80. The highest BCUT2D eigenvalue weighted by molar-refractivity contribution is 5.97. The number of carboxylic acids is 1. The second-order valence-electron chi connectivity index (χ2n) is 17.0. The minimum atomic E-state index is -1.31. The van der Waals surface area contributed by atoms with E-state index < -0.39 is 77.7 Å². The number of amides is 6. The van der Waals surface area contributed by atoms with Crippen molar-refractivity contribution in [1.29, 1.82) is 0 Å². The third kappa shape index (κ3) is 14.5. The predicted octanol–water partition coefficient (Wildman–Crippen LogP) is 0.845. The number of carbonyl (C=O) groups is 7. The van der Waals surface area contributed by atoms with Gasteiger partial charge in [0.1, 0.15) is 36.3 Å². The van der Waals surface area contributed by atoms with E-state index in [4.69, 9.17) is 17.2 Å². The number of para-hydroxylation sites is 1. The summed E-state index contributed by atoms with van der Waals surface area (Å²) in [5, 5.41) is 24.8. The van der Waals surface area contributed by atoms with Gasteiger partial charge in [-0.05, 0) is 81.0 Å². The van der Waals surface area contributed by atoms with Crippen molar-refractivity contribution in [2.75, 3.05) is 19.6 Å². The molecule has 65 heavy (non-hydrogen) atoms. The summed E-state index contributed by atoms with van der Waals surface area (Å²) >= 11 is 0. The molecule has 0 bridgehead atoms. The largest absolute Gasteiger partial charge is 0.480 e. The molecule has 2 aromatic carbocycles. The quantitative estimate of drug-likeness (QED) is 0.0361. The molecular weight excluding hydrogens is 835 g/mol. The van der Waals surface area contributed by atoms with Crippen molar-refractivity contribution in [3.05, 3.63) is 71.9 Å². The summed E-state index contributed by atoms with van der Waals surface area (Å²) in [6, 6.07) is 10.00. The molecule has 0 radical (unpaired) electrons. The second-order valence-corrected chi connectivity index (χ2v) is 17.0. The van der Waals surface area contributed by atoms with Crippen LogP contribution in [0.2, 0.25) is 0 Å². The monoisotopic (exact) mass is 900 g/mol. The van der Waals surface area contributed by atoms with Gasteiger partial charge in [0.15, 0.2) is 5.96 Å². The van der Waals surface area contributed by atoms with E-state index in [1.54, 1.807) is 6.20 Å². The van der Waals surface area contributed by atoms with Crippen molar-refractivity contribution in [1.82, 2.24) is 36.5 Å². The van der Waals surface area contributed by atoms with Gasteiger partial charge in [-0.1, -0.05) is 67.8 Å². The van der Waals surface area contributed by atoms with Gasteiger partial charge in [-0.3, -0.25) is 33.8 Å². The van der Waals surface area contributed by atoms with Crippen molar-refractivity contribution < 1.29 is 38.7 Å². The number of benzene rings is 2. The van der Waals surface area contributed by atoms with Gasteiger partial charge in [-0.2, -0.15) is 0 Å². The number of aromatic amines is 1. The summed E-state index contributed by atoms with van der Waals surface area (Å²) in [5.41, 5.74) is 19.0.